The Bertz CT molecular complexity index is 751. The van der Waals surface area contributed by atoms with Crippen LogP contribution in [0.15, 0.2) is 18.2 Å². The molecule has 1 saturated carbocycles. The number of carboxylic acid groups (broad SMARTS) is 1. The van der Waals surface area contributed by atoms with Crippen LogP contribution in [0.3, 0.4) is 0 Å². The van der Waals surface area contributed by atoms with E-state index in [1.807, 2.05) is 0 Å². The molecule has 1 aliphatic carbocycles. The Hall–Kier alpha value is -2.21. The van der Waals surface area contributed by atoms with Gasteiger partial charge in [0.05, 0.1) is 10.7 Å². The highest BCUT2D eigenvalue weighted by Crippen LogP contribution is 2.50. The van der Waals surface area contributed by atoms with Crippen LogP contribution >= 0.6 is 11.6 Å². The average Bonchev–Trinajstić information content (AvgIpc) is 3.00. The number of aromatic nitrogens is 2. The monoisotopic (exact) mass is 306 g/mol. The quantitative estimate of drug-likeness (QED) is 0.890. The molecule has 1 aromatic carbocycles. The number of fused-ring (bicyclic) bond motifs is 1. The molecule has 1 aliphatic heterocycles. The second kappa shape index (κ2) is 4.14. The minimum Gasteiger partial charge on any atom is -0.477 e. The molecule has 1 spiro atoms. The second-order valence-electron chi connectivity index (χ2n) is 5.22. The Kier molecular flexibility index (Phi) is 2.47. The van der Waals surface area contributed by atoms with E-state index in [0.29, 0.717) is 27.8 Å². The minimum atomic E-state index is -1.07. The van der Waals surface area contributed by atoms with E-state index in [4.69, 9.17) is 26.2 Å². The van der Waals surface area contributed by atoms with Crippen molar-refractivity contribution in [3.8, 4) is 22.8 Å². The zero-order chi connectivity index (χ0) is 14.6. The predicted octanol–water partition coefficient (Wildman–Crippen LogP) is 3.08. The van der Waals surface area contributed by atoms with E-state index >= 15 is 0 Å². The van der Waals surface area contributed by atoms with Gasteiger partial charge in [-0.2, -0.15) is 5.10 Å². The zero-order valence-corrected chi connectivity index (χ0v) is 11.6. The van der Waals surface area contributed by atoms with Crippen molar-refractivity contribution in [2.45, 2.75) is 25.0 Å². The molecular weight excluding hydrogens is 296 g/mol. The molecule has 2 heterocycles. The molecule has 2 aromatic rings. The number of H-pyrrole nitrogens is 1. The summed E-state index contributed by atoms with van der Waals surface area (Å²) >= 11 is 6.25. The van der Waals surface area contributed by atoms with Crippen molar-refractivity contribution in [1.82, 2.24) is 10.2 Å². The van der Waals surface area contributed by atoms with Crippen LogP contribution in [0.5, 0.6) is 11.5 Å². The molecule has 4 rings (SSSR count). The highest BCUT2D eigenvalue weighted by molar-refractivity contribution is 6.33. The first-order valence-electron chi connectivity index (χ1n) is 6.57. The number of nitrogens with zero attached hydrogens (tertiary/aromatic N) is 1. The van der Waals surface area contributed by atoms with Crippen molar-refractivity contribution >= 4 is 17.6 Å². The number of hydrogen-bond acceptors (Lipinski definition) is 4. The van der Waals surface area contributed by atoms with Gasteiger partial charge in [-0.1, -0.05) is 11.6 Å². The van der Waals surface area contributed by atoms with Gasteiger partial charge in [0.25, 0.3) is 5.79 Å². The van der Waals surface area contributed by atoms with Gasteiger partial charge in [-0.15, -0.1) is 0 Å². The number of aromatic amines is 1. The Morgan fingerprint density at radius 3 is 2.57 bits per heavy atom. The Labute approximate surface area is 124 Å². The SMILES string of the molecule is O=C(O)c1cc(-c2cc3c(cc2Cl)OC2(CCC2)O3)n[nH]1. The van der Waals surface area contributed by atoms with Crippen molar-refractivity contribution in [2.24, 2.45) is 0 Å². The smallest absolute Gasteiger partial charge is 0.353 e. The van der Waals surface area contributed by atoms with E-state index < -0.39 is 11.8 Å². The number of halogens is 1. The Morgan fingerprint density at radius 1 is 1.29 bits per heavy atom. The fourth-order valence-electron chi connectivity index (χ4n) is 2.55. The third kappa shape index (κ3) is 1.86. The maximum atomic E-state index is 10.9. The molecule has 2 aliphatic rings. The van der Waals surface area contributed by atoms with Crippen molar-refractivity contribution in [1.29, 1.82) is 0 Å². The fraction of sp³-hybridized carbons (Fsp3) is 0.286. The largest absolute Gasteiger partial charge is 0.477 e. The highest BCUT2D eigenvalue weighted by Gasteiger charge is 2.47. The number of aromatic carboxylic acids is 1. The summed E-state index contributed by atoms with van der Waals surface area (Å²) < 4.78 is 11.7. The summed E-state index contributed by atoms with van der Waals surface area (Å²) in [5.74, 6) is -0.354. The lowest BCUT2D eigenvalue weighted by molar-refractivity contribution is -0.138. The Morgan fingerprint density at radius 2 is 2.00 bits per heavy atom. The predicted molar refractivity (Wildman–Crippen MR) is 73.8 cm³/mol. The summed E-state index contributed by atoms with van der Waals surface area (Å²) in [6.07, 6.45) is 2.80. The van der Waals surface area contributed by atoms with Gasteiger partial charge in [-0.25, -0.2) is 4.79 Å². The second-order valence-corrected chi connectivity index (χ2v) is 5.63. The van der Waals surface area contributed by atoms with Crippen LogP contribution in [0.1, 0.15) is 29.8 Å². The number of rotatable bonds is 2. The third-order valence-electron chi connectivity index (χ3n) is 3.82. The van der Waals surface area contributed by atoms with Crippen LogP contribution in [0.4, 0.5) is 0 Å². The lowest BCUT2D eigenvalue weighted by atomic mass is 9.91. The summed E-state index contributed by atoms with van der Waals surface area (Å²) in [5, 5.41) is 15.8. The molecule has 1 aromatic heterocycles. The standard InChI is InChI=1S/C14H11ClN2O4/c15-8-5-12-11(20-14(21-12)2-1-3-14)4-7(8)9-6-10(13(18)19)17-16-9/h4-6H,1-3H2,(H,16,17)(H,18,19). The van der Waals surface area contributed by atoms with Crippen LogP contribution in [-0.4, -0.2) is 27.1 Å². The van der Waals surface area contributed by atoms with E-state index in [1.54, 1.807) is 12.1 Å². The molecule has 1 fully saturated rings. The molecule has 0 atom stereocenters. The van der Waals surface area contributed by atoms with Crippen molar-refractivity contribution in [2.75, 3.05) is 0 Å². The fourth-order valence-corrected chi connectivity index (χ4v) is 2.80. The van der Waals surface area contributed by atoms with Crippen molar-refractivity contribution in [3.05, 3.63) is 28.9 Å². The summed E-state index contributed by atoms with van der Waals surface area (Å²) in [5.41, 5.74) is 1.08. The van der Waals surface area contributed by atoms with Gasteiger partial charge < -0.3 is 14.6 Å². The van der Waals surface area contributed by atoms with Gasteiger partial charge in [0.2, 0.25) is 0 Å². The van der Waals surface area contributed by atoms with Crippen molar-refractivity contribution in [3.63, 3.8) is 0 Å². The van der Waals surface area contributed by atoms with Crippen LogP contribution in [0, 0.1) is 0 Å². The number of nitrogens with one attached hydrogen (secondary N) is 1. The van der Waals surface area contributed by atoms with Gasteiger partial charge in [0.15, 0.2) is 11.5 Å². The summed E-state index contributed by atoms with van der Waals surface area (Å²) in [6.45, 7) is 0. The van der Waals surface area contributed by atoms with E-state index in [0.717, 1.165) is 19.3 Å². The third-order valence-corrected chi connectivity index (χ3v) is 4.14. The lowest BCUT2D eigenvalue weighted by Gasteiger charge is -2.35. The molecule has 6 nitrogen and oxygen atoms in total. The van der Waals surface area contributed by atoms with E-state index in [9.17, 15) is 4.79 Å². The van der Waals surface area contributed by atoms with Gasteiger partial charge in [0, 0.05) is 24.5 Å². The molecule has 2 N–H and O–H groups in total. The first-order chi connectivity index (χ1) is 10.1. The average molecular weight is 307 g/mol. The minimum absolute atomic E-state index is 0.00852. The van der Waals surface area contributed by atoms with Gasteiger partial charge >= 0.3 is 5.97 Å². The van der Waals surface area contributed by atoms with Gasteiger partial charge in [0.1, 0.15) is 5.69 Å². The first kappa shape index (κ1) is 12.5. The molecule has 21 heavy (non-hydrogen) atoms. The molecule has 0 bridgehead atoms. The van der Waals surface area contributed by atoms with Gasteiger partial charge in [-0.05, 0) is 18.6 Å². The molecule has 0 amide bonds. The first-order valence-corrected chi connectivity index (χ1v) is 6.95. The lowest BCUT2D eigenvalue weighted by Crippen LogP contribution is -2.45. The number of carbonyl (C=O) groups is 1. The summed E-state index contributed by atoms with van der Waals surface area (Å²) in [7, 11) is 0. The molecule has 7 heteroatoms. The molecule has 108 valence electrons. The number of carboxylic acids is 1. The maximum absolute atomic E-state index is 10.9. The normalized spacial score (nSPS) is 17.8. The molecule has 0 unspecified atom stereocenters. The molecular formula is C14H11ClN2O4. The molecule has 0 radical (unpaired) electrons. The zero-order valence-electron chi connectivity index (χ0n) is 10.9. The number of ether oxygens (including phenoxy) is 2. The van der Waals surface area contributed by atoms with E-state index in [2.05, 4.69) is 10.2 Å². The van der Waals surface area contributed by atoms with Crippen LogP contribution < -0.4 is 9.47 Å². The number of hydrogen-bond donors (Lipinski definition) is 2. The summed E-state index contributed by atoms with van der Waals surface area (Å²) in [4.78, 5) is 10.9. The van der Waals surface area contributed by atoms with Crippen molar-refractivity contribution < 1.29 is 19.4 Å². The Balaban J connectivity index is 1.74. The molecule has 0 saturated heterocycles. The maximum Gasteiger partial charge on any atom is 0.353 e. The van der Waals surface area contributed by atoms with Crippen LogP contribution in [0.2, 0.25) is 5.02 Å². The topological polar surface area (TPSA) is 84.4 Å². The highest BCUT2D eigenvalue weighted by atomic mass is 35.5. The van der Waals surface area contributed by atoms with Gasteiger partial charge in [-0.3, -0.25) is 5.10 Å². The van der Waals surface area contributed by atoms with E-state index in [1.165, 1.54) is 6.07 Å². The number of benzene rings is 1. The van der Waals surface area contributed by atoms with Crippen LogP contribution in [0.25, 0.3) is 11.3 Å². The van der Waals surface area contributed by atoms with Crippen LogP contribution in [-0.2, 0) is 0 Å². The van der Waals surface area contributed by atoms with E-state index in [-0.39, 0.29) is 5.69 Å². The summed E-state index contributed by atoms with van der Waals surface area (Å²) in [6, 6.07) is 4.87.